The van der Waals surface area contributed by atoms with Gasteiger partial charge in [0, 0.05) is 28.9 Å². The summed E-state index contributed by atoms with van der Waals surface area (Å²) in [4.78, 5) is 12.1. The average Bonchev–Trinajstić information content (AvgIpc) is 2.75. The number of nitrogens with two attached hydrogens (primary N) is 1. The van der Waals surface area contributed by atoms with Crippen molar-refractivity contribution in [1.29, 1.82) is 0 Å². The van der Waals surface area contributed by atoms with Gasteiger partial charge in [-0.15, -0.1) is 0 Å². The third-order valence-corrected chi connectivity index (χ3v) is 4.38. The number of nitrogens with one attached hydrogen (secondary N) is 1. The van der Waals surface area contributed by atoms with E-state index in [0.717, 1.165) is 29.1 Å². The number of amides is 1. The van der Waals surface area contributed by atoms with Gasteiger partial charge >= 0.3 is 0 Å². The fourth-order valence-electron chi connectivity index (χ4n) is 2.48. The largest absolute Gasteiger partial charge is 0.356 e. The first-order valence-electron chi connectivity index (χ1n) is 7.82. The monoisotopic (exact) mass is 368 g/mol. The average molecular weight is 369 g/mol. The Bertz CT molecular complexity index is 740. The van der Waals surface area contributed by atoms with Crippen LogP contribution in [0.1, 0.15) is 30.3 Å². The van der Waals surface area contributed by atoms with E-state index in [-0.39, 0.29) is 18.4 Å². The number of halogens is 2. The lowest BCUT2D eigenvalue weighted by molar-refractivity contribution is -0.120. The van der Waals surface area contributed by atoms with Crippen molar-refractivity contribution in [3.63, 3.8) is 0 Å². The molecule has 1 amide bonds. The van der Waals surface area contributed by atoms with E-state index < -0.39 is 0 Å². The lowest BCUT2D eigenvalue weighted by Crippen LogP contribution is -2.30. The highest BCUT2D eigenvalue weighted by atomic mass is 35.5. The van der Waals surface area contributed by atoms with Crippen LogP contribution in [0.5, 0.6) is 0 Å². The minimum absolute atomic E-state index is 0.0383. The van der Waals surface area contributed by atoms with E-state index in [1.54, 1.807) is 16.8 Å². The highest BCUT2D eigenvalue weighted by Gasteiger charge is 2.17. The molecule has 0 aliphatic carbocycles. The van der Waals surface area contributed by atoms with Gasteiger partial charge in [0.1, 0.15) is 0 Å². The number of nitrogens with zero attached hydrogens (tertiary/aromatic N) is 2. The number of hydrogen-bond acceptors (Lipinski definition) is 3. The van der Waals surface area contributed by atoms with Crippen molar-refractivity contribution in [3.05, 3.63) is 45.2 Å². The summed E-state index contributed by atoms with van der Waals surface area (Å²) in [6.07, 6.45) is 1.03. The predicted molar refractivity (Wildman–Crippen MR) is 98.0 cm³/mol. The number of carbonyl (C=O) groups is 1. The molecule has 0 saturated heterocycles. The Morgan fingerprint density at radius 2 is 2.08 bits per heavy atom. The predicted octanol–water partition coefficient (Wildman–Crippen LogP) is 3.19. The summed E-state index contributed by atoms with van der Waals surface area (Å²) in [5, 5.41) is 8.49. The van der Waals surface area contributed by atoms with Gasteiger partial charge in [-0.2, -0.15) is 5.10 Å². The van der Waals surface area contributed by atoms with Gasteiger partial charge in [0.2, 0.25) is 5.91 Å². The number of aryl methyl sites for hydroxylation is 1. The van der Waals surface area contributed by atoms with Crippen LogP contribution in [0.15, 0.2) is 18.2 Å². The highest BCUT2D eigenvalue weighted by Crippen LogP contribution is 2.27. The molecule has 1 unspecified atom stereocenters. The molecular weight excluding hydrogens is 347 g/mol. The molecule has 1 aromatic heterocycles. The van der Waals surface area contributed by atoms with Crippen molar-refractivity contribution in [1.82, 2.24) is 15.1 Å². The van der Waals surface area contributed by atoms with Crippen molar-refractivity contribution in [3.8, 4) is 5.69 Å². The fraction of sp³-hybridized carbons (Fsp3) is 0.412. The molecule has 0 spiro atoms. The molecule has 2 rings (SSSR count). The van der Waals surface area contributed by atoms with Gasteiger partial charge in [0.05, 0.1) is 22.8 Å². The minimum atomic E-state index is -0.0383. The van der Waals surface area contributed by atoms with Gasteiger partial charge < -0.3 is 11.1 Å². The van der Waals surface area contributed by atoms with E-state index in [2.05, 4.69) is 10.4 Å². The van der Waals surface area contributed by atoms with Crippen LogP contribution >= 0.6 is 23.2 Å². The second-order valence-corrected chi connectivity index (χ2v) is 6.79. The van der Waals surface area contributed by atoms with E-state index in [1.807, 2.05) is 26.8 Å². The molecule has 0 aliphatic rings. The molecule has 0 saturated carbocycles. The maximum Gasteiger partial charge on any atom is 0.224 e. The normalized spacial score (nSPS) is 12.2. The van der Waals surface area contributed by atoms with Crippen LogP contribution in [0.2, 0.25) is 10.0 Å². The van der Waals surface area contributed by atoms with E-state index in [4.69, 9.17) is 28.9 Å². The van der Waals surface area contributed by atoms with E-state index in [0.29, 0.717) is 16.6 Å². The lowest BCUT2D eigenvalue weighted by Gasteiger charge is -2.09. The second-order valence-electron chi connectivity index (χ2n) is 5.95. The standard InChI is InChI=1S/C17H22Cl2N4O/c1-10(20)6-7-21-17(24)9-14-11(2)22-23(12(14)3)16-5-4-13(18)8-15(16)19/h4-5,8,10H,6-7,9,20H2,1-3H3,(H,21,24). The first kappa shape index (κ1) is 18.8. The van der Waals surface area contributed by atoms with Crippen LogP contribution in [0, 0.1) is 13.8 Å². The molecule has 130 valence electrons. The Morgan fingerprint density at radius 1 is 1.38 bits per heavy atom. The molecule has 0 aliphatic heterocycles. The third-order valence-electron chi connectivity index (χ3n) is 3.84. The van der Waals surface area contributed by atoms with E-state index in [1.165, 1.54) is 0 Å². The van der Waals surface area contributed by atoms with Crippen molar-refractivity contribution in [2.45, 2.75) is 39.7 Å². The first-order valence-corrected chi connectivity index (χ1v) is 8.58. The molecule has 0 bridgehead atoms. The highest BCUT2D eigenvalue weighted by molar-refractivity contribution is 6.35. The molecule has 1 aromatic carbocycles. The Morgan fingerprint density at radius 3 is 2.71 bits per heavy atom. The fourth-order valence-corrected chi connectivity index (χ4v) is 2.97. The Balaban J connectivity index is 2.18. The van der Waals surface area contributed by atoms with Crippen LogP contribution in [-0.2, 0) is 11.2 Å². The van der Waals surface area contributed by atoms with Crippen molar-refractivity contribution in [2.24, 2.45) is 5.73 Å². The topological polar surface area (TPSA) is 72.9 Å². The summed E-state index contributed by atoms with van der Waals surface area (Å²) >= 11 is 12.2. The van der Waals surface area contributed by atoms with Gasteiger partial charge in [-0.1, -0.05) is 23.2 Å². The molecule has 24 heavy (non-hydrogen) atoms. The van der Waals surface area contributed by atoms with Gasteiger partial charge in [-0.25, -0.2) is 4.68 Å². The van der Waals surface area contributed by atoms with Crippen molar-refractivity contribution in [2.75, 3.05) is 6.54 Å². The van der Waals surface area contributed by atoms with Gasteiger partial charge in [-0.05, 0) is 45.4 Å². The summed E-state index contributed by atoms with van der Waals surface area (Å²) in [6.45, 7) is 6.31. The summed E-state index contributed by atoms with van der Waals surface area (Å²) in [6, 6.07) is 5.33. The molecule has 7 heteroatoms. The SMILES string of the molecule is Cc1nn(-c2ccc(Cl)cc2Cl)c(C)c1CC(=O)NCCC(C)N. The first-order chi connectivity index (χ1) is 11.3. The number of hydrogen-bond donors (Lipinski definition) is 2. The summed E-state index contributed by atoms with van der Waals surface area (Å²) in [5.74, 6) is -0.0383. The van der Waals surface area contributed by atoms with E-state index in [9.17, 15) is 4.79 Å². The van der Waals surface area contributed by atoms with Gasteiger partial charge in [-0.3, -0.25) is 4.79 Å². The van der Waals surface area contributed by atoms with Crippen LogP contribution < -0.4 is 11.1 Å². The number of benzene rings is 1. The summed E-state index contributed by atoms with van der Waals surface area (Å²) in [5.41, 5.74) is 9.02. The molecular formula is C17H22Cl2N4O. The maximum atomic E-state index is 12.1. The minimum Gasteiger partial charge on any atom is -0.356 e. The third kappa shape index (κ3) is 4.50. The van der Waals surface area contributed by atoms with Crippen LogP contribution in [0.4, 0.5) is 0 Å². The Labute approximate surface area is 152 Å². The van der Waals surface area contributed by atoms with Crippen LogP contribution in [0.3, 0.4) is 0 Å². The van der Waals surface area contributed by atoms with E-state index >= 15 is 0 Å². The number of rotatable bonds is 6. The smallest absolute Gasteiger partial charge is 0.224 e. The van der Waals surface area contributed by atoms with Gasteiger partial charge in [0.25, 0.3) is 0 Å². The molecule has 1 heterocycles. The second kappa shape index (κ2) is 8.01. The van der Waals surface area contributed by atoms with Crippen molar-refractivity contribution >= 4 is 29.1 Å². The van der Waals surface area contributed by atoms with Crippen LogP contribution in [-0.4, -0.2) is 28.3 Å². The zero-order chi connectivity index (χ0) is 17.9. The number of aromatic nitrogens is 2. The Kier molecular flexibility index (Phi) is 6.27. The van der Waals surface area contributed by atoms with Crippen molar-refractivity contribution < 1.29 is 4.79 Å². The summed E-state index contributed by atoms with van der Waals surface area (Å²) in [7, 11) is 0. The molecule has 3 N–H and O–H groups in total. The van der Waals surface area contributed by atoms with Gasteiger partial charge in [0.15, 0.2) is 0 Å². The zero-order valence-corrected chi connectivity index (χ0v) is 15.6. The molecule has 2 aromatic rings. The maximum absolute atomic E-state index is 12.1. The zero-order valence-electron chi connectivity index (χ0n) is 14.1. The number of carbonyl (C=O) groups excluding carboxylic acids is 1. The molecule has 0 radical (unpaired) electrons. The lowest BCUT2D eigenvalue weighted by atomic mass is 10.1. The molecule has 5 nitrogen and oxygen atoms in total. The summed E-state index contributed by atoms with van der Waals surface area (Å²) < 4.78 is 1.75. The quantitative estimate of drug-likeness (QED) is 0.821. The Hall–Kier alpha value is -1.56. The molecule has 1 atom stereocenters. The van der Waals surface area contributed by atoms with Crippen LogP contribution in [0.25, 0.3) is 5.69 Å². The molecule has 0 fully saturated rings.